The van der Waals surface area contributed by atoms with Gasteiger partial charge in [-0.15, -0.1) is 0 Å². The molecule has 7 heteroatoms. The molecule has 0 aromatic heterocycles. The summed E-state index contributed by atoms with van der Waals surface area (Å²) >= 11 is 0. The van der Waals surface area contributed by atoms with Gasteiger partial charge >= 0.3 is 5.97 Å². The second-order valence-corrected chi connectivity index (χ2v) is 7.55. The molecule has 0 saturated carbocycles. The van der Waals surface area contributed by atoms with E-state index in [0.717, 1.165) is 0 Å². The molecule has 0 unspecified atom stereocenters. The number of sulfonamides is 1. The smallest absolute Gasteiger partial charge is 0.338 e. The summed E-state index contributed by atoms with van der Waals surface area (Å²) in [5.41, 5.74) is 0.744. The van der Waals surface area contributed by atoms with Gasteiger partial charge in [-0.25, -0.2) is 13.2 Å². The number of anilines is 1. The molecule has 0 radical (unpaired) electrons. The van der Waals surface area contributed by atoms with Gasteiger partial charge in [0.15, 0.2) is 11.9 Å². The Balaban J connectivity index is 2.26. The molecule has 2 aromatic rings. The number of benzene rings is 2. The van der Waals surface area contributed by atoms with Gasteiger partial charge < -0.3 is 4.74 Å². The van der Waals surface area contributed by atoms with E-state index in [1.165, 1.54) is 42.4 Å². The molecule has 0 aliphatic rings. The topological polar surface area (TPSA) is 80.8 Å². The molecule has 1 atom stereocenters. The third kappa shape index (κ3) is 4.29. The first-order valence-corrected chi connectivity index (χ1v) is 9.60. The van der Waals surface area contributed by atoms with E-state index in [-0.39, 0.29) is 22.8 Å². The highest BCUT2D eigenvalue weighted by atomic mass is 32.2. The number of carbonyl (C=O) groups excluding carboxylic acids is 2. The van der Waals surface area contributed by atoms with Crippen LogP contribution in [0.3, 0.4) is 0 Å². The third-order valence-electron chi connectivity index (χ3n) is 3.87. The summed E-state index contributed by atoms with van der Waals surface area (Å²) in [6.45, 7) is 4.83. The predicted molar refractivity (Wildman–Crippen MR) is 98.6 cm³/mol. The molecule has 0 spiro atoms. The molecule has 0 saturated heterocycles. The maximum Gasteiger partial charge on any atom is 0.338 e. The molecular formula is C19H21NO5S. The molecule has 26 heavy (non-hydrogen) atoms. The minimum Gasteiger partial charge on any atom is -0.451 e. The van der Waals surface area contributed by atoms with Crippen LogP contribution >= 0.6 is 0 Å². The van der Waals surface area contributed by atoms with E-state index < -0.39 is 22.1 Å². The number of hydrogen-bond donors (Lipinski definition) is 0. The fraction of sp³-hybridized carbons (Fsp3) is 0.263. The number of hydrogen-bond acceptors (Lipinski definition) is 5. The lowest BCUT2D eigenvalue weighted by Gasteiger charge is -2.23. The van der Waals surface area contributed by atoms with Crippen LogP contribution in [0.2, 0.25) is 0 Å². The summed E-state index contributed by atoms with van der Waals surface area (Å²) in [5.74, 6) is -0.939. The van der Waals surface area contributed by atoms with Crippen LogP contribution in [0.25, 0.3) is 0 Å². The quantitative estimate of drug-likeness (QED) is 0.695. The summed E-state index contributed by atoms with van der Waals surface area (Å²) in [6, 6.07) is 14.2. The van der Waals surface area contributed by atoms with Gasteiger partial charge in [-0.2, -0.15) is 0 Å². The number of esters is 1. The van der Waals surface area contributed by atoms with Gasteiger partial charge in [-0.1, -0.05) is 18.2 Å². The van der Waals surface area contributed by atoms with Crippen LogP contribution in [0.1, 0.15) is 31.1 Å². The lowest BCUT2D eigenvalue weighted by atomic mass is 10.2. The van der Waals surface area contributed by atoms with Crippen molar-refractivity contribution in [2.75, 3.05) is 10.8 Å². The Morgan fingerprint density at radius 1 is 1.04 bits per heavy atom. The Labute approximate surface area is 153 Å². The highest BCUT2D eigenvalue weighted by molar-refractivity contribution is 7.92. The van der Waals surface area contributed by atoms with Gasteiger partial charge in [0.05, 0.1) is 16.1 Å². The summed E-state index contributed by atoms with van der Waals surface area (Å²) < 4.78 is 32.1. The lowest BCUT2D eigenvalue weighted by Crippen LogP contribution is -2.30. The van der Waals surface area contributed by atoms with Crippen molar-refractivity contribution in [3.8, 4) is 0 Å². The van der Waals surface area contributed by atoms with E-state index >= 15 is 0 Å². The van der Waals surface area contributed by atoms with Crippen molar-refractivity contribution in [1.82, 2.24) is 0 Å². The molecule has 0 aliphatic heterocycles. The van der Waals surface area contributed by atoms with Crippen LogP contribution in [-0.2, 0) is 19.6 Å². The van der Waals surface area contributed by atoms with Crippen LogP contribution in [0.5, 0.6) is 0 Å². The molecule has 0 heterocycles. The van der Waals surface area contributed by atoms with Crippen molar-refractivity contribution in [3.05, 3.63) is 60.2 Å². The molecule has 0 aliphatic carbocycles. The number of nitrogens with zero attached hydrogens (tertiary/aromatic N) is 1. The largest absolute Gasteiger partial charge is 0.451 e. The highest BCUT2D eigenvalue weighted by Crippen LogP contribution is 2.23. The molecule has 2 rings (SSSR count). The number of carbonyl (C=O) groups is 2. The van der Waals surface area contributed by atoms with Gasteiger partial charge in [-0.05, 0) is 57.2 Å². The Morgan fingerprint density at radius 3 is 2.12 bits per heavy atom. The van der Waals surface area contributed by atoms with Gasteiger partial charge in [-0.3, -0.25) is 9.10 Å². The zero-order valence-corrected chi connectivity index (χ0v) is 15.7. The fourth-order valence-corrected chi connectivity index (χ4v) is 3.76. The third-order valence-corrected chi connectivity index (χ3v) is 5.78. The van der Waals surface area contributed by atoms with Gasteiger partial charge in [0.1, 0.15) is 0 Å². The fourth-order valence-electron chi connectivity index (χ4n) is 2.29. The molecule has 138 valence electrons. The SMILES string of the molecule is CCN(c1ccccc1)S(=O)(=O)c1ccc(C(=O)O[C@@H](C)C(C)=O)cc1. The Morgan fingerprint density at radius 2 is 1.62 bits per heavy atom. The van der Waals surface area contributed by atoms with Crippen LogP contribution < -0.4 is 4.31 Å². The number of ketones is 1. The minimum absolute atomic E-state index is 0.0689. The monoisotopic (exact) mass is 375 g/mol. The Bertz CT molecular complexity index is 876. The molecule has 6 nitrogen and oxygen atoms in total. The normalized spacial score (nSPS) is 12.3. The molecule has 0 bridgehead atoms. The summed E-state index contributed by atoms with van der Waals surface area (Å²) in [6.07, 6.45) is -0.848. The number of rotatable bonds is 7. The van der Waals surface area contributed by atoms with E-state index in [9.17, 15) is 18.0 Å². The minimum atomic E-state index is -3.76. The first-order valence-electron chi connectivity index (χ1n) is 8.16. The second kappa shape index (κ2) is 8.14. The number of para-hydroxylation sites is 1. The summed E-state index contributed by atoms with van der Waals surface area (Å²) in [4.78, 5) is 23.2. The number of ether oxygens (including phenoxy) is 1. The van der Waals surface area contributed by atoms with E-state index in [4.69, 9.17) is 4.74 Å². The van der Waals surface area contributed by atoms with Crippen LogP contribution in [0.15, 0.2) is 59.5 Å². The summed E-state index contributed by atoms with van der Waals surface area (Å²) in [7, 11) is -3.76. The van der Waals surface area contributed by atoms with Crippen molar-refractivity contribution in [2.24, 2.45) is 0 Å². The molecule has 0 fully saturated rings. The van der Waals surface area contributed by atoms with E-state index in [1.54, 1.807) is 31.2 Å². The first-order chi connectivity index (χ1) is 12.3. The molecule has 0 amide bonds. The molecule has 2 aromatic carbocycles. The van der Waals surface area contributed by atoms with Gasteiger partial charge in [0, 0.05) is 6.54 Å². The van der Waals surface area contributed by atoms with Gasteiger partial charge in [0.2, 0.25) is 0 Å². The van der Waals surface area contributed by atoms with Crippen LogP contribution in [-0.4, -0.2) is 32.8 Å². The van der Waals surface area contributed by atoms with Crippen molar-refractivity contribution in [3.63, 3.8) is 0 Å². The summed E-state index contributed by atoms with van der Waals surface area (Å²) in [5, 5.41) is 0. The maximum absolute atomic E-state index is 12.9. The van der Waals surface area contributed by atoms with Gasteiger partial charge in [0.25, 0.3) is 10.0 Å². The zero-order chi connectivity index (χ0) is 19.3. The standard InChI is InChI=1S/C19H21NO5S/c1-4-20(17-8-6-5-7-9-17)26(23,24)18-12-10-16(11-13-18)19(22)25-15(3)14(2)21/h5-13,15H,4H2,1-3H3/t15-/m0/s1. The highest BCUT2D eigenvalue weighted by Gasteiger charge is 2.24. The second-order valence-electron chi connectivity index (χ2n) is 5.69. The lowest BCUT2D eigenvalue weighted by molar-refractivity contribution is -0.124. The average Bonchev–Trinajstić information content (AvgIpc) is 2.63. The predicted octanol–water partition coefficient (Wildman–Crippen LogP) is 3.04. The maximum atomic E-state index is 12.9. The van der Waals surface area contributed by atoms with Crippen LogP contribution in [0.4, 0.5) is 5.69 Å². The molecule has 0 N–H and O–H groups in total. The zero-order valence-electron chi connectivity index (χ0n) is 14.9. The Kier molecular flexibility index (Phi) is 6.15. The van der Waals surface area contributed by atoms with Crippen molar-refractivity contribution < 1.29 is 22.7 Å². The van der Waals surface area contributed by atoms with Crippen molar-refractivity contribution >= 4 is 27.5 Å². The Hall–Kier alpha value is -2.67. The molecular weight excluding hydrogens is 354 g/mol. The number of Topliss-reactive ketones (excluding diaryl/α,β-unsaturated/α-hetero) is 1. The van der Waals surface area contributed by atoms with Crippen molar-refractivity contribution in [2.45, 2.75) is 31.8 Å². The van der Waals surface area contributed by atoms with Crippen molar-refractivity contribution in [1.29, 1.82) is 0 Å². The van der Waals surface area contributed by atoms with E-state index in [2.05, 4.69) is 0 Å². The van der Waals surface area contributed by atoms with Crippen LogP contribution in [0, 0.1) is 0 Å². The van der Waals surface area contributed by atoms with E-state index in [1.807, 2.05) is 6.07 Å². The average molecular weight is 375 g/mol. The first kappa shape index (κ1) is 19.7. The van der Waals surface area contributed by atoms with E-state index in [0.29, 0.717) is 5.69 Å².